The van der Waals surface area contributed by atoms with Crippen LogP contribution in [-0.2, 0) is 0 Å². The van der Waals surface area contributed by atoms with E-state index in [0.29, 0.717) is 17.5 Å². The summed E-state index contributed by atoms with van der Waals surface area (Å²) in [5, 5.41) is 8.01. The van der Waals surface area contributed by atoms with Gasteiger partial charge in [-0.25, -0.2) is 4.68 Å². The first-order valence-electron chi connectivity index (χ1n) is 10.8. The second-order valence-corrected chi connectivity index (χ2v) is 9.02. The molecule has 0 saturated heterocycles. The number of rotatable bonds is 3. The summed E-state index contributed by atoms with van der Waals surface area (Å²) >= 11 is 0. The summed E-state index contributed by atoms with van der Waals surface area (Å²) in [5.74, 6) is 2.52. The van der Waals surface area contributed by atoms with Crippen molar-refractivity contribution >= 4 is 11.6 Å². The van der Waals surface area contributed by atoms with Gasteiger partial charge in [0.2, 0.25) is 0 Å². The third-order valence-electron chi connectivity index (χ3n) is 7.14. The molecule has 0 spiro atoms. The number of carbonyl (C=O) groups excluding carboxylic acids is 1. The maximum absolute atomic E-state index is 13.3. The molecular formula is C25H25N3O. The van der Waals surface area contributed by atoms with E-state index in [1.807, 2.05) is 48.5 Å². The molecule has 0 aliphatic heterocycles. The summed E-state index contributed by atoms with van der Waals surface area (Å²) in [6.45, 7) is 0. The number of carbonyl (C=O) groups is 1. The maximum atomic E-state index is 13.3. The molecule has 4 bridgehead atoms. The van der Waals surface area contributed by atoms with Gasteiger partial charge in [0.05, 0.1) is 11.4 Å². The highest BCUT2D eigenvalue weighted by molar-refractivity contribution is 6.04. The normalized spacial score (nSPS) is 26.8. The lowest BCUT2D eigenvalue weighted by molar-refractivity contribution is 0.101. The first-order chi connectivity index (χ1) is 14.3. The minimum Gasteiger partial charge on any atom is -0.321 e. The summed E-state index contributed by atoms with van der Waals surface area (Å²) < 4.78 is 2.09. The molecule has 2 unspecified atom stereocenters. The van der Waals surface area contributed by atoms with Crippen molar-refractivity contribution < 1.29 is 4.79 Å². The van der Waals surface area contributed by atoms with Gasteiger partial charge in [0, 0.05) is 17.2 Å². The van der Waals surface area contributed by atoms with Crippen molar-refractivity contribution in [2.24, 2.45) is 11.8 Å². The molecule has 4 aliphatic carbocycles. The lowest BCUT2D eigenvalue weighted by atomic mass is 9.67. The molecule has 2 aromatic carbocycles. The Bertz CT molecular complexity index is 1040. The van der Waals surface area contributed by atoms with E-state index in [1.165, 1.54) is 43.4 Å². The molecule has 2 fully saturated rings. The van der Waals surface area contributed by atoms with Crippen molar-refractivity contribution in [2.75, 3.05) is 5.32 Å². The highest BCUT2D eigenvalue weighted by Gasteiger charge is 2.46. The van der Waals surface area contributed by atoms with Gasteiger partial charge in [-0.1, -0.05) is 36.4 Å². The number of hydrogen-bond acceptors (Lipinski definition) is 2. The number of amides is 1. The minimum absolute atomic E-state index is 0.0802. The van der Waals surface area contributed by atoms with E-state index in [2.05, 4.69) is 22.1 Å². The van der Waals surface area contributed by atoms with Gasteiger partial charge in [-0.05, 0) is 74.1 Å². The van der Waals surface area contributed by atoms with Crippen LogP contribution in [0.1, 0.15) is 65.7 Å². The molecule has 0 radical (unpaired) electrons. The fourth-order valence-electron chi connectivity index (χ4n) is 6.19. The fourth-order valence-corrected chi connectivity index (χ4v) is 6.19. The Hall–Kier alpha value is -2.88. The van der Waals surface area contributed by atoms with Crippen LogP contribution in [0.15, 0.2) is 60.7 Å². The zero-order valence-corrected chi connectivity index (χ0v) is 16.4. The Balaban J connectivity index is 1.50. The second kappa shape index (κ2) is 6.58. The molecule has 4 aliphatic rings. The number of para-hydroxylation sites is 2. The highest BCUT2D eigenvalue weighted by atomic mass is 16.2. The average Bonchev–Trinajstić information content (AvgIpc) is 3.07. The highest BCUT2D eigenvalue weighted by Crippen LogP contribution is 2.57. The van der Waals surface area contributed by atoms with E-state index in [-0.39, 0.29) is 5.91 Å². The second-order valence-electron chi connectivity index (χ2n) is 9.02. The van der Waals surface area contributed by atoms with Gasteiger partial charge in [-0.2, -0.15) is 5.10 Å². The van der Waals surface area contributed by atoms with Crippen LogP contribution in [-0.4, -0.2) is 15.7 Å². The van der Waals surface area contributed by atoms with E-state index in [1.54, 1.807) is 0 Å². The van der Waals surface area contributed by atoms with Crippen LogP contribution in [0.25, 0.3) is 5.69 Å². The number of aromatic nitrogens is 2. The standard InChI is InChI=1S/C25H25N3O/c29-25(26-20-7-3-1-4-8-20)23-22-18-12-16-11-17(13-18)15-19(14-16)24(22)28(27-23)21-9-5-2-6-10-21/h1-10,16-19H,11-15H2,(H,26,29). The van der Waals surface area contributed by atoms with Crippen LogP contribution in [0.3, 0.4) is 0 Å². The lowest BCUT2D eigenvalue weighted by Crippen LogP contribution is -2.27. The summed E-state index contributed by atoms with van der Waals surface area (Å²) in [4.78, 5) is 13.3. The number of hydrogen-bond donors (Lipinski definition) is 1. The molecule has 7 rings (SSSR count). The zero-order valence-electron chi connectivity index (χ0n) is 16.4. The van der Waals surface area contributed by atoms with Crippen molar-refractivity contribution in [1.29, 1.82) is 0 Å². The predicted molar refractivity (Wildman–Crippen MR) is 114 cm³/mol. The summed E-state index contributed by atoms with van der Waals surface area (Å²) in [6, 6.07) is 20.0. The third-order valence-corrected chi connectivity index (χ3v) is 7.14. The summed E-state index contributed by atoms with van der Waals surface area (Å²) in [5.41, 5.74) is 5.05. The molecule has 2 saturated carbocycles. The van der Waals surface area contributed by atoms with Crippen LogP contribution >= 0.6 is 0 Å². The maximum Gasteiger partial charge on any atom is 0.276 e. The average molecular weight is 383 g/mol. The first-order valence-corrected chi connectivity index (χ1v) is 10.8. The van der Waals surface area contributed by atoms with Gasteiger partial charge < -0.3 is 5.32 Å². The summed E-state index contributed by atoms with van der Waals surface area (Å²) in [7, 11) is 0. The third kappa shape index (κ3) is 2.81. The number of benzene rings is 2. The fraction of sp³-hybridized carbons (Fsp3) is 0.360. The van der Waals surface area contributed by atoms with Crippen molar-refractivity contribution in [1.82, 2.24) is 9.78 Å². The van der Waals surface area contributed by atoms with Crippen LogP contribution in [0, 0.1) is 11.8 Å². The van der Waals surface area contributed by atoms with E-state index < -0.39 is 0 Å². The Morgan fingerprint density at radius 3 is 2.14 bits per heavy atom. The van der Waals surface area contributed by atoms with Gasteiger partial charge in [0.15, 0.2) is 5.69 Å². The number of anilines is 1. The Morgan fingerprint density at radius 2 is 1.45 bits per heavy atom. The molecule has 1 aromatic heterocycles. The van der Waals surface area contributed by atoms with Crippen molar-refractivity contribution in [3.8, 4) is 5.69 Å². The van der Waals surface area contributed by atoms with Crippen molar-refractivity contribution in [3.05, 3.63) is 77.6 Å². The van der Waals surface area contributed by atoms with Gasteiger partial charge in [0.1, 0.15) is 0 Å². The smallest absolute Gasteiger partial charge is 0.276 e. The van der Waals surface area contributed by atoms with E-state index in [4.69, 9.17) is 5.10 Å². The van der Waals surface area contributed by atoms with E-state index in [0.717, 1.165) is 23.2 Å². The summed E-state index contributed by atoms with van der Waals surface area (Å²) in [6.07, 6.45) is 6.30. The van der Waals surface area contributed by atoms with Gasteiger partial charge >= 0.3 is 0 Å². The van der Waals surface area contributed by atoms with E-state index in [9.17, 15) is 4.79 Å². The van der Waals surface area contributed by atoms with Gasteiger partial charge in [0.25, 0.3) is 5.91 Å². The molecular weight excluding hydrogens is 358 g/mol. The molecule has 29 heavy (non-hydrogen) atoms. The van der Waals surface area contributed by atoms with Crippen molar-refractivity contribution in [3.63, 3.8) is 0 Å². The molecule has 146 valence electrons. The largest absolute Gasteiger partial charge is 0.321 e. The van der Waals surface area contributed by atoms with Crippen LogP contribution in [0.5, 0.6) is 0 Å². The molecule has 1 amide bonds. The molecule has 4 heteroatoms. The quantitative estimate of drug-likeness (QED) is 0.648. The minimum atomic E-state index is -0.0802. The Labute approximate surface area is 170 Å². The molecule has 1 N–H and O–H groups in total. The van der Waals surface area contributed by atoms with Gasteiger partial charge in [-0.15, -0.1) is 0 Å². The molecule has 3 aromatic rings. The lowest BCUT2D eigenvalue weighted by Gasteiger charge is -2.38. The van der Waals surface area contributed by atoms with Crippen LogP contribution in [0.2, 0.25) is 0 Å². The Kier molecular flexibility index (Phi) is 3.86. The SMILES string of the molecule is O=C(Nc1ccccc1)c1nn(-c2ccccc2)c2c1C1CC3CC(C1)CC2C3. The van der Waals surface area contributed by atoms with Gasteiger partial charge in [-0.3, -0.25) is 4.79 Å². The van der Waals surface area contributed by atoms with Crippen LogP contribution < -0.4 is 5.32 Å². The molecule has 4 nitrogen and oxygen atoms in total. The van der Waals surface area contributed by atoms with E-state index >= 15 is 0 Å². The topological polar surface area (TPSA) is 46.9 Å². The first kappa shape index (κ1) is 17.0. The monoisotopic (exact) mass is 383 g/mol. The molecule has 1 heterocycles. The zero-order chi connectivity index (χ0) is 19.4. The van der Waals surface area contributed by atoms with Crippen LogP contribution in [0.4, 0.5) is 5.69 Å². The molecule has 2 atom stereocenters. The van der Waals surface area contributed by atoms with Crippen molar-refractivity contribution in [2.45, 2.75) is 43.9 Å². The predicted octanol–water partition coefficient (Wildman–Crippen LogP) is 5.52. The Morgan fingerprint density at radius 1 is 0.828 bits per heavy atom. The number of nitrogens with zero attached hydrogens (tertiary/aromatic N) is 2. The number of nitrogens with one attached hydrogen (secondary N) is 1.